The highest BCUT2D eigenvalue weighted by Crippen LogP contribution is 2.26. The van der Waals surface area contributed by atoms with E-state index in [0.29, 0.717) is 19.8 Å². The molecule has 5 heteroatoms. The number of hydrogen-bond donors (Lipinski definition) is 0. The third kappa shape index (κ3) is 3.46. The number of nitrogens with zero attached hydrogens (tertiary/aromatic N) is 2. The van der Waals surface area contributed by atoms with Gasteiger partial charge in [-0.2, -0.15) is 0 Å². The monoisotopic (exact) mass is 328 g/mol. The topological polar surface area (TPSA) is 43.7 Å². The third-order valence-corrected chi connectivity index (χ3v) is 4.39. The van der Waals surface area contributed by atoms with Gasteiger partial charge in [0.1, 0.15) is 5.75 Å². The average Bonchev–Trinajstić information content (AvgIpc) is 3.00. The van der Waals surface area contributed by atoms with Gasteiger partial charge in [-0.25, -0.2) is 0 Å². The lowest BCUT2D eigenvalue weighted by molar-refractivity contribution is -0.147. The number of carbonyl (C=O) groups is 1. The van der Waals surface area contributed by atoms with Crippen molar-refractivity contribution in [1.29, 1.82) is 0 Å². The molecule has 3 rings (SSSR count). The van der Waals surface area contributed by atoms with E-state index in [2.05, 4.69) is 0 Å². The molecule has 0 N–H and O–H groups in total. The van der Waals surface area contributed by atoms with Crippen molar-refractivity contribution in [3.05, 3.63) is 53.9 Å². The third-order valence-electron chi connectivity index (χ3n) is 4.39. The predicted octanol–water partition coefficient (Wildman–Crippen LogP) is 2.70. The lowest BCUT2D eigenvalue weighted by atomic mass is 10.1. The van der Waals surface area contributed by atoms with Crippen LogP contribution in [0, 0.1) is 6.92 Å². The fourth-order valence-corrected chi connectivity index (χ4v) is 3.11. The van der Waals surface area contributed by atoms with Crippen molar-refractivity contribution in [2.24, 2.45) is 7.05 Å². The van der Waals surface area contributed by atoms with Crippen LogP contribution in [0.3, 0.4) is 0 Å². The number of aromatic nitrogens is 1. The zero-order valence-electron chi connectivity index (χ0n) is 14.4. The van der Waals surface area contributed by atoms with Crippen LogP contribution >= 0.6 is 0 Å². The van der Waals surface area contributed by atoms with Crippen LogP contribution < -0.4 is 4.74 Å². The molecular formula is C19H24N2O3. The van der Waals surface area contributed by atoms with Gasteiger partial charge >= 0.3 is 0 Å². The number of carbonyl (C=O) groups excluding carboxylic acids is 1. The number of rotatable bonds is 4. The van der Waals surface area contributed by atoms with Gasteiger partial charge in [-0.15, -0.1) is 0 Å². The van der Waals surface area contributed by atoms with E-state index in [1.54, 1.807) is 0 Å². The summed E-state index contributed by atoms with van der Waals surface area (Å²) in [5.41, 5.74) is 2.19. The molecule has 24 heavy (non-hydrogen) atoms. The summed E-state index contributed by atoms with van der Waals surface area (Å²) in [6.07, 6.45) is 1.45. The maximum atomic E-state index is 12.9. The van der Waals surface area contributed by atoms with Gasteiger partial charge in [0.15, 0.2) is 6.10 Å². The van der Waals surface area contributed by atoms with Crippen LogP contribution in [0.5, 0.6) is 5.75 Å². The van der Waals surface area contributed by atoms with Crippen LogP contribution in [-0.4, -0.2) is 41.2 Å². The van der Waals surface area contributed by atoms with E-state index in [9.17, 15) is 4.79 Å². The lowest BCUT2D eigenvalue weighted by Crippen LogP contribution is -2.48. The summed E-state index contributed by atoms with van der Waals surface area (Å²) >= 11 is 0. The highest BCUT2D eigenvalue weighted by Gasteiger charge is 2.33. The Morgan fingerprint density at radius 2 is 2.17 bits per heavy atom. The Kier molecular flexibility index (Phi) is 4.90. The molecule has 1 aliphatic rings. The van der Waals surface area contributed by atoms with Crippen molar-refractivity contribution in [2.45, 2.75) is 26.0 Å². The Morgan fingerprint density at radius 1 is 1.33 bits per heavy atom. The molecular weight excluding hydrogens is 304 g/mol. The molecule has 0 radical (unpaired) electrons. The van der Waals surface area contributed by atoms with Gasteiger partial charge in [-0.3, -0.25) is 4.79 Å². The molecule has 128 valence electrons. The van der Waals surface area contributed by atoms with Crippen molar-refractivity contribution in [3.8, 4) is 5.75 Å². The first kappa shape index (κ1) is 16.6. The summed E-state index contributed by atoms with van der Waals surface area (Å²) in [5, 5.41) is 0. The Balaban J connectivity index is 1.75. The maximum absolute atomic E-state index is 12.9. The van der Waals surface area contributed by atoms with E-state index in [-0.39, 0.29) is 11.9 Å². The highest BCUT2D eigenvalue weighted by atomic mass is 16.5. The van der Waals surface area contributed by atoms with Gasteiger partial charge in [0.2, 0.25) is 0 Å². The first-order valence-electron chi connectivity index (χ1n) is 8.29. The summed E-state index contributed by atoms with van der Waals surface area (Å²) in [6.45, 7) is 5.47. The molecule has 1 aromatic carbocycles. The number of morpholine rings is 1. The molecule has 2 atom stereocenters. The minimum Gasteiger partial charge on any atom is -0.481 e. The van der Waals surface area contributed by atoms with E-state index in [0.717, 1.165) is 17.0 Å². The standard InChI is InChI=1S/C19H24N2O3/c1-14-6-4-7-16(12-14)24-15(2)19(22)21-10-11-23-13-18(21)17-8-5-9-20(17)3/h4-9,12,15,18H,10-11,13H2,1-3H3/t15-,18-/m1/s1. The van der Waals surface area contributed by atoms with Gasteiger partial charge < -0.3 is 18.9 Å². The number of benzene rings is 1. The molecule has 1 fully saturated rings. The first-order chi connectivity index (χ1) is 11.6. The van der Waals surface area contributed by atoms with Crippen molar-refractivity contribution in [3.63, 3.8) is 0 Å². The van der Waals surface area contributed by atoms with Crippen LogP contribution in [0.15, 0.2) is 42.6 Å². The van der Waals surface area contributed by atoms with E-state index >= 15 is 0 Å². The lowest BCUT2D eigenvalue weighted by Gasteiger charge is -2.37. The fraction of sp³-hybridized carbons (Fsp3) is 0.421. The van der Waals surface area contributed by atoms with Crippen molar-refractivity contribution in [2.75, 3.05) is 19.8 Å². The Labute approximate surface area is 142 Å². The number of aryl methyl sites for hydroxylation is 2. The Bertz CT molecular complexity index is 710. The summed E-state index contributed by atoms with van der Waals surface area (Å²) < 4.78 is 13.5. The van der Waals surface area contributed by atoms with E-state index in [4.69, 9.17) is 9.47 Å². The van der Waals surface area contributed by atoms with Gasteiger partial charge in [-0.1, -0.05) is 12.1 Å². The van der Waals surface area contributed by atoms with E-state index in [1.807, 2.05) is 73.0 Å². The Morgan fingerprint density at radius 3 is 2.88 bits per heavy atom. The molecule has 1 amide bonds. The highest BCUT2D eigenvalue weighted by molar-refractivity contribution is 5.81. The smallest absolute Gasteiger partial charge is 0.264 e. The van der Waals surface area contributed by atoms with Crippen LogP contribution in [0.25, 0.3) is 0 Å². The quantitative estimate of drug-likeness (QED) is 0.867. The van der Waals surface area contributed by atoms with Crippen LogP contribution in [0.1, 0.15) is 24.2 Å². The molecule has 5 nitrogen and oxygen atoms in total. The second-order valence-corrected chi connectivity index (χ2v) is 6.24. The molecule has 1 aromatic heterocycles. The van der Waals surface area contributed by atoms with Crippen LogP contribution in [-0.2, 0) is 16.6 Å². The molecule has 2 heterocycles. The second-order valence-electron chi connectivity index (χ2n) is 6.24. The summed E-state index contributed by atoms with van der Waals surface area (Å²) in [4.78, 5) is 14.8. The van der Waals surface area contributed by atoms with Gasteiger partial charge in [0.25, 0.3) is 5.91 Å². The van der Waals surface area contributed by atoms with Gasteiger partial charge in [0.05, 0.1) is 19.3 Å². The van der Waals surface area contributed by atoms with E-state index in [1.165, 1.54) is 0 Å². The molecule has 1 aliphatic heterocycles. The van der Waals surface area contributed by atoms with Gasteiger partial charge in [-0.05, 0) is 43.7 Å². The predicted molar refractivity (Wildman–Crippen MR) is 92.0 cm³/mol. The summed E-state index contributed by atoms with van der Waals surface area (Å²) in [6, 6.07) is 11.7. The molecule has 0 saturated carbocycles. The number of amides is 1. The zero-order chi connectivity index (χ0) is 17.1. The molecule has 0 unspecified atom stereocenters. The molecule has 1 saturated heterocycles. The molecule has 0 spiro atoms. The van der Waals surface area contributed by atoms with Crippen molar-refractivity contribution < 1.29 is 14.3 Å². The van der Waals surface area contributed by atoms with Gasteiger partial charge in [0, 0.05) is 25.5 Å². The Hall–Kier alpha value is -2.27. The first-order valence-corrected chi connectivity index (χ1v) is 8.29. The van der Waals surface area contributed by atoms with Crippen molar-refractivity contribution in [1.82, 2.24) is 9.47 Å². The minimum atomic E-state index is -0.535. The number of hydrogen-bond acceptors (Lipinski definition) is 3. The summed E-state index contributed by atoms with van der Waals surface area (Å²) in [7, 11) is 1.99. The van der Waals surface area contributed by atoms with Crippen molar-refractivity contribution >= 4 is 5.91 Å². The fourth-order valence-electron chi connectivity index (χ4n) is 3.11. The second kappa shape index (κ2) is 7.09. The summed E-state index contributed by atoms with van der Waals surface area (Å²) in [5.74, 6) is 0.713. The normalized spacial score (nSPS) is 19.1. The molecule has 0 aliphatic carbocycles. The maximum Gasteiger partial charge on any atom is 0.264 e. The van der Waals surface area contributed by atoms with Crippen LogP contribution in [0.4, 0.5) is 0 Å². The van der Waals surface area contributed by atoms with E-state index < -0.39 is 6.10 Å². The minimum absolute atomic E-state index is 0.00833. The molecule has 2 aromatic rings. The SMILES string of the molecule is Cc1cccc(O[C@H](C)C(=O)N2CCOC[C@@H]2c2cccn2C)c1. The largest absolute Gasteiger partial charge is 0.481 e. The van der Waals surface area contributed by atoms with Crippen LogP contribution in [0.2, 0.25) is 0 Å². The zero-order valence-corrected chi connectivity index (χ0v) is 14.4. The average molecular weight is 328 g/mol. The number of ether oxygens (including phenoxy) is 2. The molecule has 0 bridgehead atoms.